The van der Waals surface area contributed by atoms with Crippen LogP contribution in [0.3, 0.4) is 0 Å². The molecule has 0 aliphatic carbocycles. The molecule has 0 saturated carbocycles. The van der Waals surface area contributed by atoms with Gasteiger partial charge in [-0.05, 0) is 31.5 Å². The lowest BCUT2D eigenvalue weighted by atomic mass is 10.1. The Morgan fingerprint density at radius 2 is 2.12 bits per heavy atom. The topological polar surface area (TPSA) is 81.4 Å². The number of nitrogens with zero attached hydrogens (tertiary/aromatic N) is 2. The SMILES string of the molecule is C/C=C\[C@@H](O)[C@H]1CCN(c2ccc(C#N)c(C(F)(F)F)c2)S1(=O)=O. The molecular weight excluding hydrogens is 345 g/mol. The Kier molecular flexibility index (Phi) is 4.92. The van der Waals surface area contributed by atoms with Gasteiger partial charge in [0.15, 0.2) is 0 Å². The molecule has 0 amide bonds. The summed E-state index contributed by atoms with van der Waals surface area (Å²) in [4.78, 5) is 0. The Bertz CT molecular complexity index is 797. The summed E-state index contributed by atoms with van der Waals surface area (Å²) in [6.45, 7) is 1.59. The number of hydrogen-bond donors (Lipinski definition) is 1. The Morgan fingerprint density at radius 1 is 1.46 bits per heavy atom. The summed E-state index contributed by atoms with van der Waals surface area (Å²) in [5, 5.41) is 17.6. The highest BCUT2D eigenvalue weighted by Crippen LogP contribution is 2.37. The monoisotopic (exact) mass is 360 g/mol. The highest BCUT2D eigenvalue weighted by atomic mass is 32.2. The summed E-state index contributed by atoms with van der Waals surface area (Å²) in [5.74, 6) is 0. The van der Waals surface area contributed by atoms with E-state index in [9.17, 15) is 26.7 Å². The minimum absolute atomic E-state index is 0.0369. The minimum atomic E-state index is -4.77. The molecule has 1 saturated heterocycles. The summed E-state index contributed by atoms with van der Waals surface area (Å²) in [6.07, 6.45) is -3.08. The maximum absolute atomic E-state index is 13.0. The van der Waals surface area contributed by atoms with E-state index < -0.39 is 38.7 Å². The molecule has 0 bridgehead atoms. The first-order chi connectivity index (χ1) is 11.1. The maximum atomic E-state index is 13.0. The highest BCUT2D eigenvalue weighted by Gasteiger charge is 2.43. The molecule has 2 atom stereocenters. The van der Waals surface area contributed by atoms with Gasteiger partial charge in [0.25, 0.3) is 0 Å². The number of sulfonamides is 1. The maximum Gasteiger partial charge on any atom is 0.417 e. The number of halogens is 3. The van der Waals surface area contributed by atoms with Crippen LogP contribution in [-0.4, -0.2) is 31.4 Å². The molecule has 1 heterocycles. The zero-order chi connectivity index (χ0) is 18.1. The van der Waals surface area contributed by atoms with Gasteiger partial charge in [-0.2, -0.15) is 18.4 Å². The fourth-order valence-corrected chi connectivity index (χ4v) is 4.59. The van der Waals surface area contributed by atoms with Crippen LogP contribution in [0.5, 0.6) is 0 Å². The van der Waals surface area contributed by atoms with Gasteiger partial charge in [0, 0.05) is 6.54 Å². The standard InChI is InChI=1S/C15H15F3N2O3S/c1-2-3-13(21)14-6-7-20(24(14,22)23)11-5-4-10(9-19)12(8-11)15(16,17)18/h2-5,8,13-14,21H,6-7H2,1H3/b3-2-/t13-,14-/m1/s1. The predicted octanol–water partition coefficient (Wildman–Crippen LogP) is 2.42. The van der Waals surface area contributed by atoms with Gasteiger partial charge in [-0.15, -0.1) is 0 Å². The van der Waals surface area contributed by atoms with Crippen molar-refractivity contribution < 1.29 is 26.7 Å². The number of nitriles is 1. The number of rotatable bonds is 3. The van der Waals surface area contributed by atoms with Crippen molar-refractivity contribution in [1.82, 2.24) is 0 Å². The van der Waals surface area contributed by atoms with Crippen molar-refractivity contribution >= 4 is 15.7 Å². The summed E-state index contributed by atoms with van der Waals surface area (Å²) in [6, 6.07) is 4.21. The fourth-order valence-electron chi connectivity index (χ4n) is 2.65. The third kappa shape index (κ3) is 3.25. The van der Waals surface area contributed by atoms with Crippen LogP contribution in [0.4, 0.5) is 18.9 Å². The van der Waals surface area contributed by atoms with Crippen LogP contribution < -0.4 is 4.31 Å². The van der Waals surface area contributed by atoms with Gasteiger partial charge in [0.1, 0.15) is 5.25 Å². The molecule has 9 heteroatoms. The lowest BCUT2D eigenvalue weighted by molar-refractivity contribution is -0.137. The van der Waals surface area contributed by atoms with Crippen LogP contribution >= 0.6 is 0 Å². The van der Waals surface area contributed by atoms with E-state index >= 15 is 0 Å². The van der Waals surface area contributed by atoms with Crippen LogP contribution in [0.15, 0.2) is 30.4 Å². The second-order valence-corrected chi connectivity index (χ2v) is 7.38. The molecule has 0 radical (unpaired) electrons. The van der Waals surface area contributed by atoms with Gasteiger partial charge in [-0.25, -0.2) is 8.42 Å². The molecular formula is C15H15F3N2O3S. The van der Waals surface area contributed by atoms with E-state index in [4.69, 9.17) is 5.26 Å². The summed E-state index contributed by atoms with van der Waals surface area (Å²) < 4.78 is 65.0. The fraction of sp³-hybridized carbons (Fsp3) is 0.400. The van der Waals surface area contributed by atoms with Crippen LogP contribution in [0.2, 0.25) is 0 Å². The molecule has 0 spiro atoms. The van der Waals surface area contributed by atoms with Crippen molar-refractivity contribution in [3.8, 4) is 6.07 Å². The number of aliphatic hydroxyl groups is 1. The van der Waals surface area contributed by atoms with Gasteiger partial charge in [0.05, 0.1) is 29.0 Å². The van der Waals surface area contributed by atoms with Crippen molar-refractivity contribution in [2.24, 2.45) is 0 Å². The van der Waals surface area contributed by atoms with Gasteiger partial charge in [-0.3, -0.25) is 4.31 Å². The zero-order valence-corrected chi connectivity index (χ0v) is 13.5. The average Bonchev–Trinajstić information content (AvgIpc) is 2.81. The van der Waals surface area contributed by atoms with E-state index in [1.165, 1.54) is 18.2 Å². The van der Waals surface area contributed by atoms with Crippen molar-refractivity contribution in [3.63, 3.8) is 0 Å². The summed E-state index contributed by atoms with van der Waals surface area (Å²) in [7, 11) is -4.00. The number of benzene rings is 1. The lowest BCUT2D eigenvalue weighted by Gasteiger charge is -2.21. The predicted molar refractivity (Wildman–Crippen MR) is 81.7 cm³/mol. The van der Waals surface area contributed by atoms with Crippen molar-refractivity contribution in [3.05, 3.63) is 41.5 Å². The second kappa shape index (κ2) is 6.45. The number of allylic oxidation sites excluding steroid dienone is 1. The van der Waals surface area contributed by atoms with Gasteiger partial charge >= 0.3 is 6.18 Å². The van der Waals surface area contributed by atoms with E-state index in [0.29, 0.717) is 6.07 Å². The van der Waals surface area contributed by atoms with Crippen LogP contribution in [0.25, 0.3) is 0 Å². The third-order valence-electron chi connectivity index (χ3n) is 3.79. The van der Waals surface area contributed by atoms with Crippen LogP contribution in [0, 0.1) is 11.3 Å². The first-order valence-corrected chi connectivity index (χ1v) is 8.57. The number of anilines is 1. The molecule has 24 heavy (non-hydrogen) atoms. The van der Waals surface area contributed by atoms with E-state index in [-0.39, 0.29) is 18.7 Å². The normalized spacial score (nSPS) is 21.8. The van der Waals surface area contributed by atoms with E-state index in [1.807, 2.05) is 0 Å². The molecule has 1 aliphatic rings. The third-order valence-corrected chi connectivity index (χ3v) is 6.08. The molecule has 1 aromatic rings. The Balaban J connectivity index is 2.45. The van der Waals surface area contributed by atoms with Crippen molar-refractivity contribution in [1.29, 1.82) is 5.26 Å². The second-order valence-electron chi connectivity index (χ2n) is 5.30. The van der Waals surface area contributed by atoms with Crippen LogP contribution in [0.1, 0.15) is 24.5 Å². The Hall–Kier alpha value is -2.05. The molecule has 130 valence electrons. The van der Waals surface area contributed by atoms with E-state index in [2.05, 4.69) is 0 Å². The quantitative estimate of drug-likeness (QED) is 0.840. The van der Waals surface area contributed by atoms with E-state index in [1.54, 1.807) is 6.92 Å². The smallest absolute Gasteiger partial charge is 0.388 e. The largest absolute Gasteiger partial charge is 0.417 e. The number of hydrogen-bond acceptors (Lipinski definition) is 4. The molecule has 5 nitrogen and oxygen atoms in total. The molecule has 1 fully saturated rings. The summed E-state index contributed by atoms with van der Waals surface area (Å²) in [5.41, 5.74) is -1.93. The van der Waals surface area contributed by atoms with Gasteiger partial charge in [-0.1, -0.05) is 12.2 Å². The molecule has 1 N–H and O–H groups in total. The molecule has 1 aromatic carbocycles. The Morgan fingerprint density at radius 3 is 2.67 bits per heavy atom. The first-order valence-electron chi connectivity index (χ1n) is 7.06. The van der Waals surface area contributed by atoms with Crippen molar-refractivity contribution in [2.75, 3.05) is 10.8 Å². The number of alkyl halides is 3. The molecule has 2 rings (SSSR count). The van der Waals surface area contributed by atoms with E-state index in [0.717, 1.165) is 16.4 Å². The first kappa shape index (κ1) is 18.3. The Labute approximate surface area is 137 Å². The van der Waals surface area contributed by atoms with Crippen LogP contribution in [-0.2, 0) is 16.2 Å². The average molecular weight is 360 g/mol. The van der Waals surface area contributed by atoms with Gasteiger partial charge < -0.3 is 5.11 Å². The molecule has 1 aliphatic heterocycles. The molecule has 0 aromatic heterocycles. The molecule has 0 unspecified atom stereocenters. The number of aliphatic hydroxyl groups excluding tert-OH is 1. The highest BCUT2D eigenvalue weighted by molar-refractivity contribution is 7.93. The zero-order valence-electron chi connectivity index (χ0n) is 12.7. The van der Waals surface area contributed by atoms with Crippen molar-refractivity contribution in [2.45, 2.75) is 30.9 Å². The minimum Gasteiger partial charge on any atom is -0.388 e. The van der Waals surface area contributed by atoms with Gasteiger partial charge in [0.2, 0.25) is 10.0 Å². The lowest BCUT2D eigenvalue weighted by Crippen LogP contribution is -2.35. The summed E-state index contributed by atoms with van der Waals surface area (Å²) >= 11 is 0.